The van der Waals surface area contributed by atoms with Gasteiger partial charge in [-0.25, -0.2) is 8.42 Å². The van der Waals surface area contributed by atoms with Crippen LogP contribution in [0.25, 0.3) is 0 Å². The van der Waals surface area contributed by atoms with Gasteiger partial charge in [-0.05, 0) is 56.2 Å². The molecule has 1 saturated carbocycles. The quantitative estimate of drug-likeness (QED) is 0.548. The molecule has 7 heteroatoms. The average molecular weight is 449 g/mol. The summed E-state index contributed by atoms with van der Waals surface area (Å²) in [5.41, 5.74) is 2.53. The van der Waals surface area contributed by atoms with E-state index in [1.807, 2.05) is 19.1 Å². The summed E-state index contributed by atoms with van der Waals surface area (Å²) >= 11 is 0. The Morgan fingerprint density at radius 1 is 0.906 bits per heavy atom. The van der Waals surface area contributed by atoms with Gasteiger partial charge in [-0.3, -0.25) is 9.59 Å². The van der Waals surface area contributed by atoms with Crippen molar-refractivity contribution >= 4 is 27.4 Å². The van der Waals surface area contributed by atoms with Crippen LogP contribution < -0.4 is 5.32 Å². The first-order valence-corrected chi connectivity index (χ1v) is 11.8. The summed E-state index contributed by atoms with van der Waals surface area (Å²) in [5.74, 6) is -0.607. The van der Waals surface area contributed by atoms with Crippen LogP contribution in [0.4, 0.5) is 5.69 Å². The van der Waals surface area contributed by atoms with Crippen molar-refractivity contribution in [3.05, 3.63) is 95.1 Å². The largest absolute Gasteiger partial charge is 0.321 e. The van der Waals surface area contributed by atoms with Gasteiger partial charge < -0.3 is 5.32 Å². The van der Waals surface area contributed by atoms with Crippen molar-refractivity contribution in [3.63, 3.8) is 0 Å². The molecule has 0 aliphatic heterocycles. The van der Waals surface area contributed by atoms with Crippen LogP contribution in [0.3, 0.4) is 0 Å². The van der Waals surface area contributed by atoms with Crippen LogP contribution in [0.15, 0.2) is 77.7 Å². The maximum Gasteiger partial charge on any atom is 0.255 e. The van der Waals surface area contributed by atoms with Gasteiger partial charge in [0.05, 0.1) is 10.6 Å². The highest BCUT2D eigenvalue weighted by molar-refractivity contribution is 7.89. The Kier molecular flexibility index (Phi) is 5.95. The molecule has 32 heavy (non-hydrogen) atoms. The van der Waals surface area contributed by atoms with E-state index < -0.39 is 15.9 Å². The molecule has 0 saturated heterocycles. The molecule has 0 bridgehead atoms. The first-order chi connectivity index (χ1) is 15.3. The molecule has 3 aromatic rings. The molecular weight excluding hydrogens is 424 g/mol. The molecule has 1 amide bonds. The minimum absolute atomic E-state index is 0.0603. The van der Waals surface area contributed by atoms with Gasteiger partial charge in [0.15, 0.2) is 5.78 Å². The van der Waals surface area contributed by atoms with Gasteiger partial charge in [0, 0.05) is 29.8 Å². The van der Waals surface area contributed by atoms with Gasteiger partial charge in [0.2, 0.25) is 10.0 Å². The van der Waals surface area contributed by atoms with Gasteiger partial charge in [0.25, 0.3) is 5.91 Å². The first-order valence-electron chi connectivity index (χ1n) is 10.4. The number of hydrogen-bond donors (Lipinski definition) is 1. The minimum atomic E-state index is -3.57. The summed E-state index contributed by atoms with van der Waals surface area (Å²) in [7, 11) is -1.99. The smallest absolute Gasteiger partial charge is 0.255 e. The van der Waals surface area contributed by atoms with E-state index in [9.17, 15) is 18.0 Å². The number of carbonyl (C=O) groups excluding carboxylic acids is 2. The lowest BCUT2D eigenvalue weighted by atomic mass is 9.99. The lowest BCUT2D eigenvalue weighted by molar-refractivity contribution is 0.102. The fourth-order valence-corrected chi connectivity index (χ4v) is 4.89. The third kappa shape index (κ3) is 4.49. The molecule has 3 aromatic carbocycles. The lowest BCUT2D eigenvalue weighted by Gasteiger charge is -2.16. The zero-order valence-electron chi connectivity index (χ0n) is 17.9. The number of carbonyl (C=O) groups is 2. The van der Waals surface area contributed by atoms with E-state index in [0.29, 0.717) is 22.4 Å². The predicted molar refractivity (Wildman–Crippen MR) is 123 cm³/mol. The number of sulfonamides is 1. The monoisotopic (exact) mass is 448 g/mol. The third-order valence-electron chi connectivity index (χ3n) is 5.56. The predicted octanol–water partition coefficient (Wildman–Crippen LogP) is 4.26. The van der Waals surface area contributed by atoms with Gasteiger partial charge in [-0.2, -0.15) is 4.31 Å². The molecule has 4 rings (SSSR count). The number of rotatable bonds is 7. The Bertz CT molecular complexity index is 1270. The molecular formula is C25H24N2O4S. The summed E-state index contributed by atoms with van der Waals surface area (Å²) < 4.78 is 26.7. The summed E-state index contributed by atoms with van der Waals surface area (Å²) in [6, 6.07) is 20.0. The summed E-state index contributed by atoms with van der Waals surface area (Å²) in [5, 5.41) is 2.79. The minimum Gasteiger partial charge on any atom is -0.321 e. The van der Waals surface area contributed by atoms with Crippen LogP contribution in [-0.4, -0.2) is 37.5 Å². The SMILES string of the molecule is Cc1ccc(NC(=O)c2ccc(S(=O)(=O)N(C)C3CC3)cc2)c(C(=O)c2ccccc2)c1. The van der Waals surface area contributed by atoms with E-state index in [4.69, 9.17) is 0 Å². The maximum absolute atomic E-state index is 13.0. The number of benzene rings is 3. The van der Waals surface area contributed by atoms with E-state index in [0.717, 1.165) is 18.4 Å². The number of amides is 1. The molecule has 1 fully saturated rings. The van der Waals surface area contributed by atoms with Crippen LogP contribution in [0.1, 0.15) is 44.7 Å². The number of anilines is 1. The van der Waals surface area contributed by atoms with E-state index in [2.05, 4.69) is 5.32 Å². The second-order valence-electron chi connectivity index (χ2n) is 7.98. The zero-order chi connectivity index (χ0) is 22.9. The molecule has 0 aromatic heterocycles. The van der Waals surface area contributed by atoms with Crippen molar-refractivity contribution in [2.24, 2.45) is 0 Å². The number of nitrogens with zero attached hydrogens (tertiary/aromatic N) is 1. The molecule has 0 spiro atoms. The van der Waals surface area contributed by atoms with E-state index in [1.54, 1.807) is 43.4 Å². The maximum atomic E-state index is 13.0. The number of aryl methyl sites for hydroxylation is 1. The van der Waals surface area contributed by atoms with Gasteiger partial charge in [-0.1, -0.05) is 42.0 Å². The molecule has 1 N–H and O–H groups in total. The lowest BCUT2D eigenvalue weighted by Crippen LogP contribution is -2.29. The Labute approximate surface area is 187 Å². The van der Waals surface area contributed by atoms with Gasteiger partial charge in [0.1, 0.15) is 0 Å². The molecule has 1 aliphatic rings. The van der Waals surface area contributed by atoms with Crippen molar-refractivity contribution in [1.82, 2.24) is 4.31 Å². The van der Waals surface area contributed by atoms with E-state index in [-0.39, 0.29) is 16.7 Å². The number of ketones is 1. The van der Waals surface area contributed by atoms with Crippen LogP contribution in [-0.2, 0) is 10.0 Å². The average Bonchev–Trinajstić information content (AvgIpc) is 3.65. The highest BCUT2D eigenvalue weighted by atomic mass is 32.2. The highest BCUT2D eigenvalue weighted by Gasteiger charge is 2.35. The van der Waals surface area contributed by atoms with Crippen LogP contribution >= 0.6 is 0 Å². The van der Waals surface area contributed by atoms with Crippen molar-refractivity contribution < 1.29 is 18.0 Å². The molecule has 164 valence electrons. The highest BCUT2D eigenvalue weighted by Crippen LogP contribution is 2.30. The molecule has 0 radical (unpaired) electrons. The van der Waals surface area contributed by atoms with Crippen LogP contribution in [0.5, 0.6) is 0 Å². The zero-order valence-corrected chi connectivity index (χ0v) is 18.7. The number of hydrogen-bond acceptors (Lipinski definition) is 4. The molecule has 0 atom stereocenters. The summed E-state index contributed by atoms with van der Waals surface area (Å²) in [6.45, 7) is 1.88. The van der Waals surface area contributed by atoms with Crippen LogP contribution in [0.2, 0.25) is 0 Å². The van der Waals surface area contributed by atoms with Crippen LogP contribution in [0, 0.1) is 6.92 Å². The van der Waals surface area contributed by atoms with Crippen molar-refractivity contribution in [3.8, 4) is 0 Å². The molecule has 1 aliphatic carbocycles. The molecule has 6 nitrogen and oxygen atoms in total. The fraction of sp³-hybridized carbons (Fsp3) is 0.200. The van der Waals surface area contributed by atoms with Gasteiger partial charge in [-0.15, -0.1) is 0 Å². The second kappa shape index (κ2) is 8.68. The Morgan fingerprint density at radius 3 is 2.19 bits per heavy atom. The van der Waals surface area contributed by atoms with Crippen molar-refractivity contribution in [2.75, 3.05) is 12.4 Å². The Morgan fingerprint density at radius 2 is 1.56 bits per heavy atom. The normalized spacial score (nSPS) is 13.7. The standard InChI is InChI=1S/C25H24N2O4S/c1-17-8-15-23(22(16-17)24(28)18-6-4-3-5-7-18)26-25(29)19-9-13-21(14-10-19)32(30,31)27(2)20-11-12-20/h3-10,13-16,20H,11-12H2,1-2H3,(H,26,29). The van der Waals surface area contributed by atoms with Gasteiger partial charge >= 0.3 is 0 Å². The topological polar surface area (TPSA) is 83.6 Å². The van der Waals surface area contributed by atoms with E-state index >= 15 is 0 Å². The molecule has 0 unspecified atom stereocenters. The Hall–Kier alpha value is -3.29. The fourth-order valence-electron chi connectivity index (χ4n) is 3.47. The number of nitrogens with one attached hydrogen (secondary N) is 1. The Balaban J connectivity index is 1.56. The third-order valence-corrected chi connectivity index (χ3v) is 7.48. The molecule has 0 heterocycles. The van der Waals surface area contributed by atoms with Crippen molar-refractivity contribution in [2.45, 2.75) is 30.7 Å². The first kappa shape index (κ1) is 21.9. The van der Waals surface area contributed by atoms with E-state index in [1.165, 1.54) is 28.6 Å². The second-order valence-corrected chi connectivity index (χ2v) is 9.97. The van der Waals surface area contributed by atoms with Crippen molar-refractivity contribution in [1.29, 1.82) is 0 Å². The summed E-state index contributed by atoms with van der Waals surface area (Å²) in [6.07, 6.45) is 1.74. The summed E-state index contributed by atoms with van der Waals surface area (Å²) in [4.78, 5) is 26.0.